The molecule has 0 atom stereocenters. The van der Waals surface area contributed by atoms with Crippen molar-refractivity contribution in [2.75, 3.05) is 0 Å². The monoisotopic (exact) mass is 292 g/mol. The van der Waals surface area contributed by atoms with E-state index in [0.717, 1.165) is 18.6 Å². The van der Waals surface area contributed by atoms with E-state index >= 15 is 0 Å². The van der Waals surface area contributed by atoms with Crippen molar-refractivity contribution in [1.82, 2.24) is 19.7 Å². The largest absolute Gasteiger partial charge is 0.408 e. The van der Waals surface area contributed by atoms with Crippen LogP contribution in [0, 0.1) is 0 Å². The van der Waals surface area contributed by atoms with Gasteiger partial charge in [0, 0.05) is 24.9 Å². The summed E-state index contributed by atoms with van der Waals surface area (Å²) in [5, 5.41) is 3.52. The summed E-state index contributed by atoms with van der Waals surface area (Å²) in [4.78, 5) is 7.06. The van der Waals surface area contributed by atoms with Crippen LogP contribution in [0.2, 0.25) is 0 Å². The van der Waals surface area contributed by atoms with Crippen LogP contribution < -0.4 is 0 Å². The molecule has 0 saturated carbocycles. The van der Waals surface area contributed by atoms with Crippen LogP contribution in [-0.4, -0.2) is 25.9 Å². The van der Waals surface area contributed by atoms with Gasteiger partial charge in [0.05, 0.1) is 11.9 Å². The van der Waals surface area contributed by atoms with Gasteiger partial charge in [-0.3, -0.25) is 4.68 Å². The highest BCUT2D eigenvalue weighted by molar-refractivity contribution is 5.56. The molecule has 0 saturated heterocycles. The summed E-state index contributed by atoms with van der Waals surface area (Å²) in [6, 6.07) is 1.32. The number of aromatic nitrogens is 4. The fourth-order valence-electron chi connectivity index (χ4n) is 1.50. The normalized spacial score (nSPS) is 12.7. The van der Waals surface area contributed by atoms with Crippen molar-refractivity contribution in [3.63, 3.8) is 0 Å². The molecule has 9 heteroatoms. The Hall–Kier alpha value is -2.06. The lowest BCUT2D eigenvalue weighted by Crippen LogP contribution is -2.17. The minimum atomic E-state index is -4.41. The molecule has 2 aromatic rings. The molecule has 0 aliphatic rings. The van der Waals surface area contributed by atoms with Gasteiger partial charge in [0.15, 0.2) is 5.82 Å². The molecule has 0 unspecified atom stereocenters. The average Bonchev–Trinajstić information content (AvgIpc) is 2.74. The second-order valence-electron chi connectivity index (χ2n) is 4.20. The van der Waals surface area contributed by atoms with Gasteiger partial charge in [0.25, 0.3) is 0 Å². The summed E-state index contributed by atoms with van der Waals surface area (Å²) >= 11 is 0. The zero-order chi connectivity index (χ0) is 15.0. The van der Waals surface area contributed by atoms with Gasteiger partial charge in [-0.15, -0.1) is 0 Å². The highest BCUT2D eigenvalue weighted by atomic mass is 19.4. The second-order valence-corrected chi connectivity index (χ2v) is 4.20. The van der Waals surface area contributed by atoms with Crippen molar-refractivity contribution in [3.8, 4) is 11.3 Å². The highest BCUT2D eigenvalue weighted by Crippen LogP contribution is 2.26. The van der Waals surface area contributed by atoms with Crippen LogP contribution in [-0.2, 0) is 12.5 Å². The van der Waals surface area contributed by atoms with Crippen LogP contribution in [0.15, 0.2) is 24.7 Å². The number of hydrogen-bond acceptors (Lipinski definition) is 3. The summed E-state index contributed by atoms with van der Waals surface area (Å²) in [5.41, 5.74) is 0.298. The Balaban J connectivity index is 2.29. The first kappa shape index (κ1) is 14.4. The Morgan fingerprint density at radius 3 is 2.50 bits per heavy atom. The number of halogens is 5. The Bertz CT molecular complexity index is 599. The maximum atomic E-state index is 13.1. The van der Waals surface area contributed by atoms with Crippen LogP contribution in [0.25, 0.3) is 11.3 Å². The lowest BCUT2D eigenvalue weighted by molar-refractivity contribution is -0.142. The molecule has 0 aromatic carbocycles. The Morgan fingerprint density at radius 2 is 1.90 bits per heavy atom. The Morgan fingerprint density at radius 1 is 1.20 bits per heavy atom. The van der Waals surface area contributed by atoms with Gasteiger partial charge >= 0.3 is 12.1 Å². The van der Waals surface area contributed by atoms with Crippen LogP contribution in [0.5, 0.6) is 0 Å². The lowest BCUT2D eigenvalue weighted by Gasteiger charge is -2.08. The van der Waals surface area contributed by atoms with E-state index in [9.17, 15) is 22.0 Å². The number of alkyl halides is 5. The lowest BCUT2D eigenvalue weighted by atomic mass is 10.2. The Kier molecular flexibility index (Phi) is 3.45. The molecule has 0 N–H and O–H groups in total. The van der Waals surface area contributed by atoms with E-state index in [4.69, 9.17) is 0 Å². The van der Waals surface area contributed by atoms with Gasteiger partial charge in [0.1, 0.15) is 6.54 Å². The van der Waals surface area contributed by atoms with Crippen molar-refractivity contribution in [3.05, 3.63) is 30.5 Å². The third kappa shape index (κ3) is 3.49. The van der Waals surface area contributed by atoms with Crippen LogP contribution in [0.4, 0.5) is 22.0 Å². The van der Waals surface area contributed by atoms with Gasteiger partial charge in [-0.25, -0.2) is 9.97 Å². The molecule has 20 heavy (non-hydrogen) atoms. The molecule has 4 nitrogen and oxygen atoms in total. The summed E-state index contributed by atoms with van der Waals surface area (Å²) in [6.45, 7) is -0.617. The van der Waals surface area contributed by atoms with E-state index < -0.39 is 24.5 Å². The van der Waals surface area contributed by atoms with Gasteiger partial charge < -0.3 is 0 Å². The molecular formula is C11H9F5N4. The Labute approximate surface area is 110 Å². The van der Waals surface area contributed by atoms with Crippen molar-refractivity contribution >= 4 is 0 Å². The van der Waals surface area contributed by atoms with Gasteiger partial charge in [-0.2, -0.15) is 27.1 Å². The summed E-state index contributed by atoms with van der Waals surface area (Å²) < 4.78 is 63.4. The van der Waals surface area contributed by atoms with E-state index in [0.29, 0.717) is 11.6 Å². The number of hydrogen-bond donors (Lipinski definition) is 0. The van der Waals surface area contributed by atoms with E-state index in [-0.39, 0.29) is 11.3 Å². The second kappa shape index (κ2) is 4.80. The molecule has 2 heterocycles. The molecule has 108 valence electrons. The predicted octanol–water partition coefficient (Wildman–Crippen LogP) is 3.01. The first-order valence-electron chi connectivity index (χ1n) is 5.46. The molecule has 0 bridgehead atoms. The van der Waals surface area contributed by atoms with E-state index in [1.807, 2.05) is 0 Å². The van der Waals surface area contributed by atoms with Gasteiger partial charge in [-0.05, 0) is 6.07 Å². The summed E-state index contributed by atoms with van der Waals surface area (Å²) in [7, 11) is 0. The zero-order valence-electron chi connectivity index (χ0n) is 10.2. The summed E-state index contributed by atoms with van der Waals surface area (Å²) in [6.07, 6.45) is -1.06. The van der Waals surface area contributed by atoms with E-state index in [2.05, 4.69) is 15.1 Å². The van der Waals surface area contributed by atoms with E-state index in [1.165, 1.54) is 6.07 Å². The van der Waals surface area contributed by atoms with Crippen molar-refractivity contribution in [2.24, 2.45) is 0 Å². The molecule has 0 radical (unpaired) electrons. The first-order chi connectivity index (χ1) is 9.15. The molecule has 0 amide bonds. The number of nitrogens with zero attached hydrogens (tertiary/aromatic N) is 4. The molecule has 0 spiro atoms. The van der Waals surface area contributed by atoms with Gasteiger partial charge in [0.2, 0.25) is 0 Å². The fraction of sp³-hybridized carbons (Fsp3) is 0.364. The maximum absolute atomic E-state index is 13.1. The zero-order valence-corrected chi connectivity index (χ0v) is 10.2. The van der Waals surface area contributed by atoms with Crippen LogP contribution in [0.1, 0.15) is 12.7 Å². The van der Waals surface area contributed by atoms with Crippen molar-refractivity contribution < 1.29 is 22.0 Å². The minimum Gasteiger partial charge on any atom is -0.263 e. The fourth-order valence-corrected chi connectivity index (χ4v) is 1.50. The molecule has 0 aliphatic carbocycles. The maximum Gasteiger partial charge on any atom is 0.408 e. The molecule has 0 fully saturated rings. The first-order valence-corrected chi connectivity index (χ1v) is 5.46. The molecule has 2 rings (SSSR count). The average molecular weight is 292 g/mol. The van der Waals surface area contributed by atoms with Crippen molar-refractivity contribution in [1.29, 1.82) is 0 Å². The smallest absolute Gasteiger partial charge is 0.263 e. The SMILES string of the molecule is CC(F)(F)c1nccc(-c2cnn(CC(F)(F)F)c2)n1. The number of rotatable bonds is 3. The standard InChI is InChI=1S/C11H9F5N4/c1-10(12,13)9-17-3-2-8(19-9)7-4-18-20(5-7)6-11(14,15)16/h2-5H,6H2,1H3. The van der Waals surface area contributed by atoms with Gasteiger partial charge in [-0.1, -0.05) is 0 Å². The van der Waals surface area contributed by atoms with E-state index in [1.54, 1.807) is 0 Å². The minimum absolute atomic E-state index is 0.0879. The quantitative estimate of drug-likeness (QED) is 0.817. The van der Waals surface area contributed by atoms with Crippen molar-refractivity contribution in [2.45, 2.75) is 25.6 Å². The third-order valence-electron chi connectivity index (χ3n) is 2.32. The summed E-state index contributed by atoms with van der Waals surface area (Å²) in [5.74, 6) is -3.92. The molecule has 2 aromatic heterocycles. The molecule has 0 aliphatic heterocycles. The predicted molar refractivity (Wildman–Crippen MR) is 58.9 cm³/mol. The topological polar surface area (TPSA) is 43.6 Å². The molecular weight excluding hydrogens is 283 g/mol. The van der Waals surface area contributed by atoms with Crippen LogP contribution in [0.3, 0.4) is 0 Å². The third-order valence-corrected chi connectivity index (χ3v) is 2.32. The van der Waals surface area contributed by atoms with Crippen LogP contribution >= 0.6 is 0 Å². The highest BCUT2D eigenvalue weighted by Gasteiger charge is 2.29.